The predicted octanol–water partition coefficient (Wildman–Crippen LogP) is 3.50. The average molecular weight is 514 g/mol. The van der Waals surface area contributed by atoms with Crippen molar-refractivity contribution in [1.82, 2.24) is 10.3 Å². The zero-order valence-electron chi connectivity index (χ0n) is 18.9. The smallest absolute Gasteiger partial charge is 0.385 e. The number of anilines is 1. The summed E-state index contributed by atoms with van der Waals surface area (Å²) in [5.41, 5.74) is -0.691. The summed E-state index contributed by atoms with van der Waals surface area (Å²) < 4.78 is 83.1. The van der Waals surface area contributed by atoms with Crippen LogP contribution >= 0.6 is 0 Å². The van der Waals surface area contributed by atoms with Gasteiger partial charge in [-0.1, -0.05) is 12.0 Å². The number of methoxy groups -OCH3 is 1. The van der Waals surface area contributed by atoms with Gasteiger partial charge >= 0.3 is 6.18 Å². The van der Waals surface area contributed by atoms with E-state index >= 15 is 0 Å². The SMILES string of the molecule is C#Cc1cc(CNC(=O)/C=C/c2ccc(C(F)(F)F)nc2CCCOC)cc(F)c1NS(C)(=O)=O. The van der Waals surface area contributed by atoms with Crippen molar-refractivity contribution >= 4 is 27.7 Å². The van der Waals surface area contributed by atoms with Gasteiger partial charge in [0, 0.05) is 32.0 Å². The number of ether oxygens (including phenoxy) is 1. The van der Waals surface area contributed by atoms with Crippen molar-refractivity contribution in [2.75, 3.05) is 24.7 Å². The van der Waals surface area contributed by atoms with Crippen LogP contribution in [0, 0.1) is 18.2 Å². The van der Waals surface area contributed by atoms with Crippen molar-refractivity contribution in [3.8, 4) is 12.3 Å². The highest BCUT2D eigenvalue weighted by atomic mass is 32.2. The van der Waals surface area contributed by atoms with Crippen molar-refractivity contribution in [2.45, 2.75) is 25.6 Å². The van der Waals surface area contributed by atoms with Crippen LogP contribution in [0.2, 0.25) is 0 Å². The van der Waals surface area contributed by atoms with Crippen LogP contribution in [0.4, 0.5) is 23.2 Å². The molecule has 0 atom stereocenters. The molecule has 2 N–H and O–H groups in total. The Morgan fingerprint density at radius 2 is 2.00 bits per heavy atom. The van der Waals surface area contributed by atoms with Crippen LogP contribution in [0.5, 0.6) is 0 Å². The molecule has 7 nitrogen and oxygen atoms in total. The van der Waals surface area contributed by atoms with Gasteiger partial charge in [0.05, 0.1) is 17.5 Å². The molecule has 2 rings (SSSR count). The molecule has 0 spiro atoms. The number of pyridine rings is 1. The van der Waals surface area contributed by atoms with Crippen molar-refractivity contribution in [1.29, 1.82) is 0 Å². The number of rotatable bonds is 10. The van der Waals surface area contributed by atoms with Gasteiger partial charge in [-0.2, -0.15) is 13.2 Å². The number of hydrogen-bond donors (Lipinski definition) is 2. The molecule has 35 heavy (non-hydrogen) atoms. The summed E-state index contributed by atoms with van der Waals surface area (Å²) >= 11 is 0. The zero-order valence-corrected chi connectivity index (χ0v) is 19.7. The van der Waals surface area contributed by atoms with Gasteiger partial charge in [-0.05, 0) is 48.2 Å². The lowest BCUT2D eigenvalue weighted by Gasteiger charge is -2.11. The maximum absolute atomic E-state index is 14.4. The summed E-state index contributed by atoms with van der Waals surface area (Å²) in [6, 6.07) is 4.41. The number of aromatic nitrogens is 1. The van der Waals surface area contributed by atoms with Crippen LogP contribution in [0.3, 0.4) is 0 Å². The number of terminal acetylenes is 1. The molecule has 1 aromatic carbocycles. The summed E-state index contributed by atoms with van der Waals surface area (Å²) in [4.78, 5) is 15.9. The van der Waals surface area contributed by atoms with Crippen LogP contribution in [0.25, 0.3) is 6.08 Å². The molecule has 0 saturated carbocycles. The van der Waals surface area contributed by atoms with E-state index in [1.807, 2.05) is 4.72 Å². The summed E-state index contributed by atoms with van der Waals surface area (Å²) in [5, 5.41) is 2.50. The number of sulfonamides is 1. The molecule has 188 valence electrons. The first-order chi connectivity index (χ1) is 16.3. The third kappa shape index (κ3) is 8.70. The molecule has 0 radical (unpaired) electrons. The molecular formula is C23H23F4N3O4S. The highest BCUT2D eigenvalue weighted by Crippen LogP contribution is 2.29. The number of carbonyl (C=O) groups excluding carboxylic acids is 1. The van der Waals surface area contributed by atoms with Gasteiger partial charge in [0.15, 0.2) is 0 Å². The Morgan fingerprint density at radius 1 is 1.29 bits per heavy atom. The van der Waals surface area contributed by atoms with Crippen LogP contribution in [0.15, 0.2) is 30.3 Å². The van der Waals surface area contributed by atoms with Gasteiger partial charge in [0.25, 0.3) is 0 Å². The van der Waals surface area contributed by atoms with Crippen molar-refractivity contribution in [3.05, 3.63) is 64.2 Å². The van der Waals surface area contributed by atoms with Gasteiger partial charge in [-0.25, -0.2) is 17.8 Å². The van der Waals surface area contributed by atoms with E-state index in [0.717, 1.165) is 24.5 Å². The number of nitrogens with one attached hydrogen (secondary N) is 2. The normalized spacial score (nSPS) is 11.9. The monoisotopic (exact) mass is 513 g/mol. The second-order valence-corrected chi connectivity index (χ2v) is 9.14. The van der Waals surface area contributed by atoms with Crippen molar-refractivity contribution < 1.29 is 35.5 Å². The lowest BCUT2D eigenvalue weighted by molar-refractivity contribution is -0.141. The zero-order chi connectivity index (χ0) is 26.2. The Balaban J connectivity index is 2.15. The third-order valence-electron chi connectivity index (χ3n) is 4.54. The second kappa shape index (κ2) is 11.8. The van der Waals surface area contributed by atoms with Crippen molar-refractivity contribution in [3.63, 3.8) is 0 Å². The third-order valence-corrected chi connectivity index (χ3v) is 5.11. The Hall–Kier alpha value is -3.43. The van der Waals surface area contributed by atoms with E-state index in [1.54, 1.807) is 0 Å². The lowest BCUT2D eigenvalue weighted by atomic mass is 10.1. The molecule has 0 bridgehead atoms. The first kappa shape index (κ1) is 27.8. The van der Waals surface area contributed by atoms with Crippen LogP contribution in [-0.2, 0) is 38.7 Å². The minimum atomic E-state index is -4.60. The molecule has 12 heteroatoms. The van der Waals surface area contributed by atoms with Gasteiger partial charge in [0.1, 0.15) is 11.5 Å². The molecule has 0 aliphatic heterocycles. The molecular weight excluding hydrogens is 490 g/mol. The molecule has 0 aliphatic carbocycles. The number of halogens is 4. The molecule has 1 amide bonds. The van der Waals surface area contributed by atoms with E-state index < -0.39 is 33.6 Å². The summed E-state index contributed by atoms with van der Waals surface area (Å²) in [7, 11) is -2.29. The molecule has 0 aliphatic rings. The standard InChI is InChI=1S/C23H23F4N3O4S/c1-4-16-12-15(13-18(24)22(16)30-35(3,32)33)14-28-21(31)10-8-17-7-9-20(23(25,26)27)29-19(17)6-5-11-34-2/h1,7-10,12-13,30H,5-6,11,14H2,2-3H3,(H,28,31)/b10-8+. The molecule has 0 fully saturated rings. The molecule has 1 aromatic heterocycles. The Bertz CT molecular complexity index is 1250. The van der Waals surface area contributed by atoms with E-state index in [1.165, 1.54) is 25.3 Å². The maximum atomic E-state index is 14.4. The summed E-state index contributed by atoms with van der Waals surface area (Å²) in [6.45, 7) is 0.191. The largest absolute Gasteiger partial charge is 0.433 e. The lowest BCUT2D eigenvalue weighted by Crippen LogP contribution is -2.21. The van der Waals surface area contributed by atoms with E-state index in [9.17, 15) is 30.8 Å². The summed E-state index contributed by atoms with van der Waals surface area (Å²) in [6.07, 6.45) is 4.67. The minimum absolute atomic E-state index is 0.0493. The number of benzene rings is 1. The van der Waals surface area contributed by atoms with Gasteiger partial charge in [-0.15, -0.1) is 6.42 Å². The minimum Gasteiger partial charge on any atom is -0.385 e. The number of amides is 1. The van der Waals surface area contributed by atoms with E-state index in [4.69, 9.17) is 11.2 Å². The highest BCUT2D eigenvalue weighted by Gasteiger charge is 2.32. The van der Waals surface area contributed by atoms with Crippen LogP contribution < -0.4 is 10.0 Å². The van der Waals surface area contributed by atoms with Gasteiger partial charge < -0.3 is 10.1 Å². The molecule has 0 saturated heterocycles. The maximum Gasteiger partial charge on any atom is 0.433 e. The van der Waals surface area contributed by atoms with Crippen LogP contribution in [-0.4, -0.2) is 39.3 Å². The number of hydrogen-bond acceptors (Lipinski definition) is 5. The number of carbonyl (C=O) groups is 1. The highest BCUT2D eigenvalue weighted by molar-refractivity contribution is 7.92. The quantitative estimate of drug-likeness (QED) is 0.219. The Morgan fingerprint density at radius 3 is 2.60 bits per heavy atom. The first-order valence-corrected chi connectivity index (χ1v) is 12.0. The predicted molar refractivity (Wildman–Crippen MR) is 123 cm³/mol. The first-order valence-electron chi connectivity index (χ1n) is 10.1. The second-order valence-electron chi connectivity index (χ2n) is 7.40. The van der Waals surface area contributed by atoms with E-state index in [-0.39, 0.29) is 35.5 Å². The fourth-order valence-corrected chi connectivity index (χ4v) is 3.57. The number of aryl methyl sites for hydroxylation is 1. The van der Waals surface area contributed by atoms with E-state index in [0.29, 0.717) is 18.6 Å². The average Bonchev–Trinajstić information content (AvgIpc) is 2.76. The fraction of sp³-hybridized carbons (Fsp3) is 0.304. The number of alkyl halides is 3. The van der Waals surface area contributed by atoms with Crippen LogP contribution in [0.1, 0.15) is 34.5 Å². The van der Waals surface area contributed by atoms with Gasteiger partial charge in [-0.3, -0.25) is 9.52 Å². The molecule has 1 heterocycles. The summed E-state index contributed by atoms with van der Waals surface area (Å²) in [5.74, 6) is 0.669. The van der Waals surface area contributed by atoms with Crippen molar-refractivity contribution in [2.24, 2.45) is 0 Å². The molecule has 2 aromatic rings. The Labute approximate surface area is 200 Å². The van der Waals surface area contributed by atoms with E-state index in [2.05, 4.69) is 16.2 Å². The van der Waals surface area contributed by atoms with Gasteiger partial charge in [0.2, 0.25) is 15.9 Å². The number of nitrogens with zero attached hydrogens (tertiary/aromatic N) is 1. The fourth-order valence-electron chi connectivity index (χ4n) is 2.99. The molecule has 0 unspecified atom stereocenters. The topological polar surface area (TPSA) is 97.4 Å². The Kier molecular flexibility index (Phi) is 9.39.